The summed E-state index contributed by atoms with van der Waals surface area (Å²) in [5.74, 6) is 0.613. The summed E-state index contributed by atoms with van der Waals surface area (Å²) in [6.07, 6.45) is -0.227. The van der Waals surface area contributed by atoms with Gasteiger partial charge in [0.1, 0.15) is 5.60 Å². The predicted octanol–water partition coefficient (Wildman–Crippen LogP) is 1.52. The summed E-state index contributed by atoms with van der Waals surface area (Å²) in [6.45, 7) is 13.9. The van der Waals surface area contributed by atoms with Crippen molar-refractivity contribution in [1.82, 2.24) is 9.80 Å². The van der Waals surface area contributed by atoms with Crippen molar-refractivity contribution in [1.29, 1.82) is 0 Å². The Morgan fingerprint density at radius 3 is 2.47 bits per heavy atom. The van der Waals surface area contributed by atoms with Gasteiger partial charge in [0, 0.05) is 38.8 Å². The average Bonchev–Trinajstić information content (AvgIpc) is 2.26. The molecule has 0 aromatic heterocycles. The van der Waals surface area contributed by atoms with E-state index in [2.05, 4.69) is 18.7 Å². The lowest BCUT2D eigenvalue weighted by atomic mass is 10.1. The molecule has 0 spiro atoms. The predicted molar refractivity (Wildman–Crippen MR) is 77.1 cm³/mol. The molecule has 1 saturated heterocycles. The minimum absolute atomic E-state index is 0.227. The van der Waals surface area contributed by atoms with E-state index in [1.54, 1.807) is 4.90 Å². The number of hydrogen-bond acceptors (Lipinski definition) is 4. The van der Waals surface area contributed by atoms with Crippen molar-refractivity contribution in [2.45, 2.75) is 46.3 Å². The number of piperazine rings is 1. The van der Waals surface area contributed by atoms with E-state index in [0.717, 1.165) is 19.6 Å². The van der Waals surface area contributed by atoms with E-state index in [-0.39, 0.29) is 12.1 Å². The van der Waals surface area contributed by atoms with Crippen LogP contribution in [0.15, 0.2) is 0 Å². The van der Waals surface area contributed by atoms with E-state index >= 15 is 0 Å². The Hall–Kier alpha value is -0.810. The van der Waals surface area contributed by atoms with Crippen LogP contribution in [0.3, 0.4) is 0 Å². The second-order valence-electron chi connectivity index (χ2n) is 6.70. The number of amides is 1. The van der Waals surface area contributed by atoms with Gasteiger partial charge in [-0.3, -0.25) is 4.90 Å². The number of nitrogens with zero attached hydrogens (tertiary/aromatic N) is 2. The molecular formula is C14H29N3O2. The normalized spacial score (nSPS) is 21.8. The molecule has 5 heteroatoms. The highest BCUT2D eigenvalue weighted by Gasteiger charge is 2.31. The van der Waals surface area contributed by atoms with Crippen LogP contribution in [0.25, 0.3) is 0 Å². The quantitative estimate of drug-likeness (QED) is 0.845. The van der Waals surface area contributed by atoms with Gasteiger partial charge >= 0.3 is 6.09 Å². The number of hydrogen-bond donors (Lipinski definition) is 1. The third-order valence-electron chi connectivity index (χ3n) is 3.13. The maximum absolute atomic E-state index is 12.0. The molecule has 0 aromatic carbocycles. The molecule has 1 heterocycles. The molecule has 1 aliphatic heterocycles. The summed E-state index contributed by atoms with van der Waals surface area (Å²) in [5.41, 5.74) is 5.40. The van der Waals surface area contributed by atoms with E-state index in [1.165, 1.54) is 0 Å². The molecule has 1 unspecified atom stereocenters. The first-order valence-electron chi connectivity index (χ1n) is 7.15. The van der Waals surface area contributed by atoms with Crippen LogP contribution in [0.5, 0.6) is 0 Å². The maximum Gasteiger partial charge on any atom is 0.410 e. The fourth-order valence-electron chi connectivity index (χ4n) is 2.32. The molecule has 1 rings (SSSR count). The van der Waals surface area contributed by atoms with E-state index in [1.807, 2.05) is 20.8 Å². The Balaban J connectivity index is 2.56. The Bertz CT molecular complexity index is 300. The third kappa shape index (κ3) is 5.37. The average molecular weight is 271 g/mol. The van der Waals surface area contributed by atoms with Crippen LogP contribution >= 0.6 is 0 Å². The highest BCUT2D eigenvalue weighted by molar-refractivity contribution is 5.68. The number of ether oxygens (including phenoxy) is 1. The Morgan fingerprint density at radius 2 is 2.00 bits per heavy atom. The van der Waals surface area contributed by atoms with Gasteiger partial charge < -0.3 is 15.4 Å². The van der Waals surface area contributed by atoms with Gasteiger partial charge in [0.2, 0.25) is 0 Å². The first kappa shape index (κ1) is 16.2. The molecule has 1 amide bonds. The lowest BCUT2D eigenvalue weighted by Gasteiger charge is -2.41. The molecular weight excluding hydrogens is 242 g/mol. The fraction of sp³-hybridized carbons (Fsp3) is 0.929. The lowest BCUT2D eigenvalue weighted by Crippen LogP contribution is -2.58. The standard InChI is InChI=1S/C14H29N3O2/c1-11(2)9-16-6-7-17(10-12(16)8-15)13(18)19-14(3,4)5/h11-12H,6-10,15H2,1-5H3. The smallest absolute Gasteiger partial charge is 0.410 e. The topological polar surface area (TPSA) is 58.8 Å². The fourth-order valence-corrected chi connectivity index (χ4v) is 2.32. The van der Waals surface area contributed by atoms with Gasteiger partial charge in [-0.1, -0.05) is 13.8 Å². The summed E-state index contributed by atoms with van der Waals surface area (Å²) >= 11 is 0. The lowest BCUT2D eigenvalue weighted by molar-refractivity contribution is 0.00324. The van der Waals surface area contributed by atoms with Crippen LogP contribution in [-0.2, 0) is 4.74 Å². The first-order chi connectivity index (χ1) is 8.73. The summed E-state index contributed by atoms with van der Waals surface area (Å²) in [7, 11) is 0. The first-order valence-corrected chi connectivity index (χ1v) is 7.15. The molecule has 0 radical (unpaired) electrons. The molecule has 1 atom stereocenters. The van der Waals surface area contributed by atoms with Crippen LogP contribution in [0, 0.1) is 5.92 Å². The van der Waals surface area contributed by atoms with E-state index in [4.69, 9.17) is 10.5 Å². The molecule has 112 valence electrons. The second-order valence-corrected chi connectivity index (χ2v) is 6.70. The maximum atomic E-state index is 12.0. The highest BCUT2D eigenvalue weighted by atomic mass is 16.6. The summed E-state index contributed by atoms with van der Waals surface area (Å²) in [4.78, 5) is 16.2. The van der Waals surface area contributed by atoms with Crippen LogP contribution in [0.4, 0.5) is 4.79 Å². The van der Waals surface area contributed by atoms with Crippen molar-refractivity contribution >= 4 is 6.09 Å². The zero-order valence-corrected chi connectivity index (χ0v) is 13.0. The number of nitrogens with two attached hydrogens (primary N) is 1. The monoisotopic (exact) mass is 271 g/mol. The van der Waals surface area contributed by atoms with Crippen molar-refractivity contribution in [3.05, 3.63) is 0 Å². The SMILES string of the molecule is CC(C)CN1CCN(C(=O)OC(C)(C)C)CC1CN. The van der Waals surface area contributed by atoms with E-state index in [9.17, 15) is 4.79 Å². The molecule has 5 nitrogen and oxygen atoms in total. The molecule has 1 aliphatic rings. The van der Waals surface area contributed by atoms with Crippen LogP contribution in [0.1, 0.15) is 34.6 Å². The van der Waals surface area contributed by atoms with Gasteiger partial charge in [-0.15, -0.1) is 0 Å². The van der Waals surface area contributed by atoms with Crippen molar-refractivity contribution in [2.75, 3.05) is 32.7 Å². The number of carbonyl (C=O) groups is 1. The largest absolute Gasteiger partial charge is 0.444 e. The van der Waals surface area contributed by atoms with Gasteiger partial charge in [-0.25, -0.2) is 4.79 Å². The molecule has 0 aromatic rings. The van der Waals surface area contributed by atoms with Crippen molar-refractivity contribution in [2.24, 2.45) is 11.7 Å². The van der Waals surface area contributed by atoms with Gasteiger partial charge in [0.05, 0.1) is 0 Å². The van der Waals surface area contributed by atoms with E-state index < -0.39 is 5.60 Å². The van der Waals surface area contributed by atoms with Crippen molar-refractivity contribution < 1.29 is 9.53 Å². The zero-order valence-electron chi connectivity index (χ0n) is 13.0. The number of carbonyl (C=O) groups excluding carboxylic acids is 1. The van der Waals surface area contributed by atoms with Gasteiger partial charge in [0.25, 0.3) is 0 Å². The molecule has 0 saturated carbocycles. The van der Waals surface area contributed by atoms with Crippen molar-refractivity contribution in [3.63, 3.8) is 0 Å². The summed E-state index contributed by atoms with van der Waals surface area (Å²) < 4.78 is 5.41. The molecule has 2 N–H and O–H groups in total. The van der Waals surface area contributed by atoms with Gasteiger partial charge in [-0.05, 0) is 26.7 Å². The van der Waals surface area contributed by atoms with Crippen LogP contribution in [-0.4, -0.2) is 60.3 Å². The Labute approximate surface area is 117 Å². The summed E-state index contributed by atoms with van der Waals surface area (Å²) in [5, 5.41) is 0. The molecule has 0 aliphatic carbocycles. The minimum atomic E-state index is -0.440. The van der Waals surface area contributed by atoms with E-state index in [0.29, 0.717) is 19.0 Å². The summed E-state index contributed by atoms with van der Waals surface area (Å²) in [6, 6.07) is 0.240. The second kappa shape index (κ2) is 6.57. The molecule has 1 fully saturated rings. The van der Waals surface area contributed by atoms with Crippen molar-refractivity contribution in [3.8, 4) is 0 Å². The van der Waals surface area contributed by atoms with Crippen LogP contribution < -0.4 is 5.73 Å². The van der Waals surface area contributed by atoms with Gasteiger partial charge in [-0.2, -0.15) is 0 Å². The van der Waals surface area contributed by atoms with Gasteiger partial charge in [0.15, 0.2) is 0 Å². The highest BCUT2D eigenvalue weighted by Crippen LogP contribution is 2.15. The zero-order chi connectivity index (χ0) is 14.6. The molecule has 19 heavy (non-hydrogen) atoms. The van der Waals surface area contributed by atoms with Crippen LogP contribution in [0.2, 0.25) is 0 Å². The Kier molecular flexibility index (Phi) is 5.62. The minimum Gasteiger partial charge on any atom is -0.444 e. The number of rotatable bonds is 3. The molecule has 0 bridgehead atoms. The third-order valence-corrected chi connectivity index (χ3v) is 3.13. The Morgan fingerprint density at radius 1 is 1.37 bits per heavy atom.